The number of rotatable bonds is 1. The van der Waals surface area contributed by atoms with Gasteiger partial charge in [-0.1, -0.05) is 84.9 Å². The maximum absolute atomic E-state index is 7.78. The molecule has 10 rings (SSSR count). The van der Waals surface area contributed by atoms with E-state index in [0.717, 1.165) is 33.1 Å². The van der Waals surface area contributed by atoms with Gasteiger partial charge in [-0.15, -0.1) is 16.5 Å². The van der Waals surface area contributed by atoms with Crippen LogP contribution in [-0.4, -0.2) is 18.9 Å². The quantitative estimate of drug-likeness (QED) is 0.197. The van der Waals surface area contributed by atoms with Crippen molar-refractivity contribution in [3.63, 3.8) is 0 Å². The zero-order chi connectivity index (χ0) is 27.5. The Bertz CT molecular complexity index is 2810. The van der Waals surface area contributed by atoms with Crippen molar-refractivity contribution in [1.29, 1.82) is 0 Å². The second kappa shape index (κ2) is 7.60. The minimum Gasteiger partial charge on any atom is -0.394 e. The molecule has 192 valence electrons. The van der Waals surface area contributed by atoms with E-state index in [1.54, 1.807) is 0 Å². The number of fused-ring (bicyclic) bond motifs is 13. The Morgan fingerprint density at radius 3 is 2.02 bits per heavy atom. The summed E-state index contributed by atoms with van der Waals surface area (Å²) in [6.45, 7) is 7.78. The molecule has 0 aliphatic carbocycles. The van der Waals surface area contributed by atoms with E-state index in [1.165, 1.54) is 54.3 Å². The summed E-state index contributed by atoms with van der Waals surface area (Å²) in [4.78, 5) is 13.1. The van der Waals surface area contributed by atoms with Gasteiger partial charge in [0.15, 0.2) is 0 Å². The normalized spacial score (nSPS) is 12.3. The van der Waals surface area contributed by atoms with Crippen molar-refractivity contribution in [2.75, 3.05) is 0 Å². The molecule has 0 aliphatic rings. The molecule has 0 amide bonds. The van der Waals surface area contributed by atoms with Gasteiger partial charge in [0, 0.05) is 37.7 Å². The predicted octanol–water partition coefficient (Wildman–Crippen LogP) is 9.58. The predicted molar refractivity (Wildman–Crippen MR) is 172 cm³/mol. The van der Waals surface area contributed by atoms with E-state index >= 15 is 0 Å². The molecule has 0 radical (unpaired) electrons. The number of hydrogen-bond acceptors (Lipinski definition) is 2. The molecule has 5 nitrogen and oxygen atoms in total. The molecule has 0 spiro atoms. The van der Waals surface area contributed by atoms with E-state index in [9.17, 15) is 0 Å². The van der Waals surface area contributed by atoms with Crippen LogP contribution >= 0.6 is 0 Å². The molecule has 0 N–H and O–H groups in total. The summed E-state index contributed by atoms with van der Waals surface area (Å²) in [6.07, 6.45) is 0. The second-order valence-electron chi connectivity index (χ2n) is 10.9. The Morgan fingerprint density at radius 1 is 0.524 bits per heavy atom. The zero-order valence-corrected chi connectivity index (χ0v) is 22.2. The highest BCUT2D eigenvalue weighted by atomic mass is 15.1. The first-order valence-electron chi connectivity index (χ1n) is 14.0. The first kappa shape index (κ1) is 21.8. The molecular formula is C37H19N5. The standard InChI is InChI=1S/C37H19N5/c1-38-37-39-29-15-7-4-14-25(29)36(40-37)42-31-17-9-6-13-24(31)28-20-27-23-12-5-8-16-30(23)41-33-22-11-3-2-10-21(22)18-19-26(33)32(34(27)41)35(28)42/h2-20H. The molecule has 0 fully saturated rings. The van der Waals surface area contributed by atoms with Crippen LogP contribution in [0.3, 0.4) is 0 Å². The van der Waals surface area contributed by atoms with Crippen LogP contribution < -0.4 is 0 Å². The van der Waals surface area contributed by atoms with E-state index in [0.29, 0.717) is 0 Å². The number of nitrogens with zero attached hydrogens (tertiary/aromatic N) is 5. The highest BCUT2D eigenvalue weighted by Gasteiger charge is 2.26. The summed E-state index contributed by atoms with van der Waals surface area (Å²) in [6, 6.07) is 40.7. The van der Waals surface area contributed by atoms with Crippen molar-refractivity contribution in [3.8, 4) is 5.82 Å². The summed E-state index contributed by atoms with van der Waals surface area (Å²) in [5.74, 6) is 0.873. The lowest BCUT2D eigenvalue weighted by molar-refractivity contribution is 1.09. The highest BCUT2D eigenvalue weighted by molar-refractivity contribution is 6.36. The minimum atomic E-state index is 0.146. The van der Waals surface area contributed by atoms with Crippen LogP contribution in [0.25, 0.3) is 92.2 Å². The van der Waals surface area contributed by atoms with E-state index in [-0.39, 0.29) is 5.95 Å². The van der Waals surface area contributed by atoms with Gasteiger partial charge in [0.1, 0.15) is 5.52 Å². The molecule has 0 saturated carbocycles. The summed E-state index contributed by atoms with van der Waals surface area (Å²) < 4.78 is 4.73. The lowest BCUT2D eigenvalue weighted by Crippen LogP contribution is -2.00. The van der Waals surface area contributed by atoms with E-state index in [1.807, 2.05) is 18.2 Å². The van der Waals surface area contributed by atoms with Gasteiger partial charge in [0.2, 0.25) is 5.82 Å². The van der Waals surface area contributed by atoms with Gasteiger partial charge in [-0.3, -0.25) is 4.57 Å². The van der Waals surface area contributed by atoms with Crippen LogP contribution in [0.2, 0.25) is 0 Å². The SMILES string of the molecule is [C-]#[N+]c1nc(-n2c3ccccc3c3cc4c5ccccc5n5c6c7ccccc7ccc6c(c32)c45)c2ccccc2n1. The molecule has 0 aliphatic heterocycles. The maximum Gasteiger partial charge on any atom is 0.374 e. The average molecular weight is 534 g/mol. The van der Waals surface area contributed by atoms with Crippen LogP contribution in [0.5, 0.6) is 0 Å². The van der Waals surface area contributed by atoms with Gasteiger partial charge in [0.05, 0.1) is 33.0 Å². The fourth-order valence-electron chi connectivity index (χ4n) is 7.24. The Morgan fingerprint density at radius 2 is 1.19 bits per heavy atom. The summed E-state index contributed by atoms with van der Waals surface area (Å²) in [5, 5.41) is 10.6. The number of hydrogen-bond donors (Lipinski definition) is 0. The Kier molecular flexibility index (Phi) is 3.94. The lowest BCUT2D eigenvalue weighted by atomic mass is 10.0. The Hall–Kier alpha value is -5.99. The van der Waals surface area contributed by atoms with Gasteiger partial charge < -0.3 is 9.25 Å². The minimum absolute atomic E-state index is 0.146. The maximum atomic E-state index is 7.78. The molecule has 4 aromatic heterocycles. The third-order valence-electron chi connectivity index (χ3n) is 8.87. The van der Waals surface area contributed by atoms with Crippen LogP contribution in [-0.2, 0) is 0 Å². The first-order valence-corrected chi connectivity index (χ1v) is 14.0. The van der Waals surface area contributed by atoms with Crippen molar-refractivity contribution in [1.82, 2.24) is 18.9 Å². The summed E-state index contributed by atoms with van der Waals surface area (Å²) >= 11 is 0. The largest absolute Gasteiger partial charge is 0.394 e. The van der Waals surface area contributed by atoms with Crippen LogP contribution in [0.4, 0.5) is 5.95 Å². The van der Waals surface area contributed by atoms with E-state index in [4.69, 9.17) is 11.6 Å². The number of benzene rings is 6. The van der Waals surface area contributed by atoms with Crippen molar-refractivity contribution in [2.45, 2.75) is 0 Å². The highest BCUT2D eigenvalue weighted by Crippen LogP contribution is 2.47. The third kappa shape index (κ3) is 2.53. The second-order valence-corrected chi connectivity index (χ2v) is 10.9. The molecule has 0 bridgehead atoms. The molecule has 0 atom stereocenters. The average Bonchev–Trinajstić information content (AvgIpc) is 3.68. The molecule has 10 aromatic rings. The third-order valence-corrected chi connectivity index (χ3v) is 8.87. The fourth-order valence-corrected chi connectivity index (χ4v) is 7.24. The number of aromatic nitrogens is 4. The zero-order valence-electron chi connectivity index (χ0n) is 22.2. The van der Waals surface area contributed by atoms with E-state index < -0.39 is 0 Å². The Labute approximate surface area is 238 Å². The Balaban J connectivity index is 1.57. The van der Waals surface area contributed by atoms with Gasteiger partial charge in [0.25, 0.3) is 0 Å². The molecule has 6 aromatic carbocycles. The van der Waals surface area contributed by atoms with Gasteiger partial charge in [-0.2, -0.15) is 0 Å². The summed E-state index contributed by atoms with van der Waals surface area (Å²) in [5.41, 5.74) is 6.55. The number of para-hydroxylation sites is 3. The van der Waals surface area contributed by atoms with Crippen LogP contribution in [0.1, 0.15) is 0 Å². The van der Waals surface area contributed by atoms with Gasteiger partial charge in [-0.05, 0) is 35.7 Å². The first-order chi connectivity index (χ1) is 20.8. The molecule has 42 heavy (non-hydrogen) atoms. The molecule has 5 heteroatoms. The molecular weight excluding hydrogens is 514 g/mol. The van der Waals surface area contributed by atoms with Crippen LogP contribution in [0, 0.1) is 6.57 Å². The monoisotopic (exact) mass is 533 g/mol. The van der Waals surface area contributed by atoms with Gasteiger partial charge in [-0.25, -0.2) is 0 Å². The van der Waals surface area contributed by atoms with Gasteiger partial charge >= 0.3 is 5.95 Å². The van der Waals surface area contributed by atoms with E-state index in [2.05, 4.69) is 116 Å². The van der Waals surface area contributed by atoms with Crippen molar-refractivity contribution in [2.24, 2.45) is 0 Å². The topological polar surface area (TPSA) is 39.5 Å². The summed E-state index contributed by atoms with van der Waals surface area (Å²) in [7, 11) is 0. The molecule has 0 saturated heterocycles. The molecule has 0 unspecified atom stereocenters. The fraction of sp³-hybridized carbons (Fsp3) is 0. The van der Waals surface area contributed by atoms with Crippen molar-refractivity contribution < 1.29 is 0 Å². The van der Waals surface area contributed by atoms with Crippen molar-refractivity contribution >= 4 is 87.5 Å². The lowest BCUT2D eigenvalue weighted by Gasteiger charge is -2.09. The van der Waals surface area contributed by atoms with Crippen molar-refractivity contribution in [3.05, 3.63) is 127 Å². The molecule has 4 heterocycles. The smallest absolute Gasteiger partial charge is 0.374 e. The van der Waals surface area contributed by atoms with Crippen LogP contribution in [0.15, 0.2) is 115 Å².